The van der Waals surface area contributed by atoms with Gasteiger partial charge >= 0.3 is 0 Å². The van der Waals surface area contributed by atoms with Crippen molar-refractivity contribution in [2.45, 2.75) is 13.5 Å². The fourth-order valence-electron chi connectivity index (χ4n) is 2.60. The van der Waals surface area contributed by atoms with Gasteiger partial charge in [0.1, 0.15) is 12.4 Å². The molecule has 0 amide bonds. The van der Waals surface area contributed by atoms with Gasteiger partial charge in [-0.2, -0.15) is 0 Å². The minimum absolute atomic E-state index is 0.119. The second-order valence-electron chi connectivity index (χ2n) is 6.06. The van der Waals surface area contributed by atoms with Gasteiger partial charge in [-0.1, -0.05) is 35.9 Å². The van der Waals surface area contributed by atoms with Crippen LogP contribution >= 0.6 is 34.2 Å². The van der Waals surface area contributed by atoms with Crippen molar-refractivity contribution < 1.29 is 13.9 Å². The van der Waals surface area contributed by atoms with Crippen LogP contribution in [0, 0.1) is 16.3 Å². The smallest absolute Gasteiger partial charge is 0.174 e. The molecule has 6 heteroatoms. The number of benzene rings is 3. The summed E-state index contributed by atoms with van der Waals surface area (Å²) in [5.74, 6) is 0.840. The molecule has 0 aromatic heterocycles. The molecule has 0 radical (unpaired) electrons. The highest BCUT2D eigenvalue weighted by molar-refractivity contribution is 14.1. The number of halogens is 3. The van der Waals surface area contributed by atoms with Crippen molar-refractivity contribution in [1.29, 1.82) is 0 Å². The van der Waals surface area contributed by atoms with E-state index in [1.807, 2.05) is 37.3 Å². The van der Waals surface area contributed by atoms with Gasteiger partial charge in [-0.05, 0) is 71.0 Å². The maximum Gasteiger partial charge on any atom is 0.174 e. The van der Waals surface area contributed by atoms with E-state index >= 15 is 0 Å². The van der Waals surface area contributed by atoms with E-state index in [0.29, 0.717) is 22.1 Å². The van der Waals surface area contributed by atoms with Crippen LogP contribution in [0.4, 0.5) is 10.1 Å². The van der Waals surface area contributed by atoms with Crippen molar-refractivity contribution in [3.05, 3.63) is 85.7 Å². The molecule has 0 bridgehead atoms. The standard InChI is InChI=1S/C22H18ClFINO2/c1-14-17(23)7-5-9-20(14)26-12-15-10-19(25)22(21(11-15)27-2)28-13-16-6-3-4-8-18(16)24/h3-12H,13H2,1-2H3. The van der Waals surface area contributed by atoms with Crippen LogP contribution in [0.1, 0.15) is 16.7 Å². The maximum absolute atomic E-state index is 13.8. The summed E-state index contributed by atoms with van der Waals surface area (Å²) < 4.78 is 26.0. The molecule has 0 N–H and O–H groups in total. The SMILES string of the molecule is COc1cc(C=Nc2cccc(Cl)c2C)cc(I)c1OCc1ccccc1F. The molecule has 0 aliphatic heterocycles. The van der Waals surface area contributed by atoms with Gasteiger partial charge in [0.2, 0.25) is 0 Å². The average molecular weight is 510 g/mol. The molecule has 0 spiro atoms. The van der Waals surface area contributed by atoms with Crippen molar-refractivity contribution in [2.24, 2.45) is 4.99 Å². The molecule has 3 rings (SSSR count). The molecule has 0 saturated carbocycles. The minimum atomic E-state index is -0.294. The molecule has 3 aromatic rings. The van der Waals surface area contributed by atoms with E-state index in [4.69, 9.17) is 21.1 Å². The molecule has 28 heavy (non-hydrogen) atoms. The minimum Gasteiger partial charge on any atom is -0.493 e. The molecule has 0 heterocycles. The van der Waals surface area contributed by atoms with Gasteiger partial charge in [0, 0.05) is 16.8 Å². The summed E-state index contributed by atoms with van der Waals surface area (Å²) in [7, 11) is 1.57. The van der Waals surface area contributed by atoms with Crippen molar-refractivity contribution >= 4 is 46.1 Å². The lowest BCUT2D eigenvalue weighted by Crippen LogP contribution is -2.02. The van der Waals surface area contributed by atoms with E-state index in [0.717, 1.165) is 20.4 Å². The Balaban J connectivity index is 1.84. The molecule has 0 aliphatic carbocycles. The van der Waals surface area contributed by atoms with Crippen molar-refractivity contribution in [3.63, 3.8) is 0 Å². The van der Waals surface area contributed by atoms with Gasteiger partial charge in [0.25, 0.3) is 0 Å². The molecule has 144 valence electrons. The van der Waals surface area contributed by atoms with Crippen LogP contribution in [-0.4, -0.2) is 13.3 Å². The van der Waals surface area contributed by atoms with Crippen LogP contribution in [0.25, 0.3) is 0 Å². The zero-order valence-electron chi connectivity index (χ0n) is 15.4. The highest BCUT2D eigenvalue weighted by atomic mass is 127. The van der Waals surface area contributed by atoms with Crippen LogP contribution in [0.5, 0.6) is 11.5 Å². The first kappa shape index (κ1) is 20.6. The summed E-state index contributed by atoms with van der Waals surface area (Å²) in [6.07, 6.45) is 1.75. The van der Waals surface area contributed by atoms with Crippen LogP contribution in [0.15, 0.2) is 59.6 Å². The Labute approximate surface area is 182 Å². The van der Waals surface area contributed by atoms with E-state index in [2.05, 4.69) is 27.6 Å². The molecular formula is C22H18ClFINO2. The van der Waals surface area contributed by atoms with Gasteiger partial charge in [0.05, 0.1) is 16.4 Å². The third-order valence-electron chi connectivity index (χ3n) is 4.17. The number of ether oxygens (including phenoxy) is 2. The molecule has 3 aromatic carbocycles. The second-order valence-corrected chi connectivity index (χ2v) is 7.63. The maximum atomic E-state index is 13.8. The first-order valence-corrected chi connectivity index (χ1v) is 9.98. The topological polar surface area (TPSA) is 30.8 Å². The lowest BCUT2D eigenvalue weighted by Gasteiger charge is -2.14. The monoisotopic (exact) mass is 509 g/mol. The van der Waals surface area contributed by atoms with E-state index in [-0.39, 0.29) is 12.4 Å². The zero-order valence-corrected chi connectivity index (χ0v) is 18.3. The Hall–Kier alpha value is -2.12. The lowest BCUT2D eigenvalue weighted by molar-refractivity contribution is 0.277. The fourth-order valence-corrected chi connectivity index (χ4v) is 3.55. The first-order valence-electron chi connectivity index (χ1n) is 8.52. The highest BCUT2D eigenvalue weighted by Gasteiger charge is 2.12. The van der Waals surface area contributed by atoms with Crippen molar-refractivity contribution in [1.82, 2.24) is 0 Å². The zero-order chi connectivity index (χ0) is 20.1. The molecular weight excluding hydrogens is 492 g/mol. The summed E-state index contributed by atoms with van der Waals surface area (Å²) in [4.78, 5) is 4.53. The molecule has 0 aliphatic rings. The number of hydrogen-bond acceptors (Lipinski definition) is 3. The number of methoxy groups -OCH3 is 1. The van der Waals surface area contributed by atoms with Crippen LogP contribution in [0.3, 0.4) is 0 Å². The largest absolute Gasteiger partial charge is 0.493 e. The van der Waals surface area contributed by atoms with Crippen LogP contribution < -0.4 is 9.47 Å². The predicted molar refractivity (Wildman–Crippen MR) is 120 cm³/mol. The van der Waals surface area contributed by atoms with Crippen molar-refractivity contribution in [2.75, 3.05) is 7.11 Å². The second kappa shape index (κ2) is 9.39. The summed E-state index contributed by atoms with van der Waals surface area (Å²) >= 11 is 8.32. The lowest BCUT2D eigenvalue weighted by atomic mass is 10.2. The first-order chi connectivity index (χ1) is 13.5. The summed E-state index contributed by atoms with van der Waals surface area (Å²) in [6.45, 7) is 2.05. The summed E-state index contributed by atoms with van der Waals surface area (Å²) in [5, 5.41) is 0.679. The number of nitrogens with zero attached hydrogens (tertiary/aromatic N) is 1. The Morgan fingerprint density at radius 3 is 2.68 bits per heavy atom. The van der Waals surface area contributed by atoms with Gasteiger partial charge in [-0.3, -0.25) is 4.99 Å². The molecule has 3 nitrogen and oxygen atoms in total. The van der Waals surface area contributed by atoms with E-state index in [1.165, 1.54) is 6.07 Å². The Morgan fingerprint density at radius 1 is 1.14 bits per heavy atom. The Kier molecular flexibility index (Phi) is 6.91. The number of rotatable bonds is 6. The van der Waals surface area contributed by atoms with E-state index < -0.39 is 0 Å². The fraction of sp³-hybridized carbons (Fsp3) is 0.136. The van der Waals surface area contributed by atoms with Gasteiger partial charge < -0.3 is 9.47 Å². The predicted octanol–water partition coefficient (Wildman–Crippen LogP) is 6.73. The Bertz CT molecular complexity index is 1020. The average Bonchev–Trinajstić information content (AvgIpc) is 2.69. The van der Waals surface area contributed by atoms with E-state index in [9.17, 15) is 4.39 Å². The number of hydrogen-bond donors (Lipinski definition) is 0. The molecule has 0 atom stereocenters. The molecule has 0 unspecified atom stereocenters. The van der Waals surface area contributed by atoms with Crippen LogP contribution in [-0.2, 0) is 6.61 Å². The quantitative estimate of drug-likeness (QED) is 0.272. The van der Waals surface area contributed by atoms with E-state index in [1.54, 1.807) is 31.5 Å². The third kappa shape index (κ3) is 4.83. The van der Waals surface area contributed by atoms with Gasteiger partial charge in [-0.25, -0.2) is 4.39 Å². The summed E-state index contributed by atoms with van der Waals surface area (Å²) in [5.41, 5.74) is 3.08. The van der Waals surface area contributed by atoms with Crippen LogP contribution in [0.2, 0.25) is 5.02 Å². The normalized spacial score (nSPS) is 11.0. The summed E-state index contributed by atoms with van der Waals surface area (Å²) in [6, 6.07) is 15.9. The molecule has 0 saturated heterocycles. The Morgan fingerprint density at radius 2 is 1.93 bits per heavy atom. The molecule has 0 fully saturated rings. The number of aliphatic imine (C=N–C) groups is 1. The highest BCUT2D eigenvalue weighted by Crippen LogP contribution is 2.34. The van der Waals surface area contributed by atoms with Gasteiger partial charge in [0.15, 0.2) is 11.5 Å². The van der Waals surface area contributed by atoms with Gasteiger partial charge in [-0.15, -0.1) is 0 Å². The third-order valence-corrected chi connectivity index (χ3v) is 5.38. The van der Waals surface area contributed by atoms with Crippen molar-refractivity contribution in [3.8, 4) is 11.5 Å².